The molecule has 0 spiro atoms. The van der Waals surface area contributed by atoms with E-state index in [0.29, 0.717) is 0 Å². The third-order valence-corrected chi connectivity index (χ3v) is 11.8. The fourth-order valence-corrected chi connectivity index (χ4v) is 9.36. The van der Waals surface area contributed by atoms with E-state index >= 15 is 0 Å². The quantitative estimate of drug-likeness (QED) is 0.168. The molecule has 0 radical (unpaired) electrons. The van der Waals surface area contributed by atoms with Gasteiger partial charge in [-0.2, -0.15) is 0 Å². The summed E-state index contributed by atoms with van der Waals surface area (Å²) in [6.07, 6.45) is 0. The highest BCUT2D eigenvalue weighted by Gasteiger charge is 2.24. The van der Waals surface area contributed by atoms with Gasteiger partial charge in [-0.3, -0.25) is 0 Å². The second-order valence-corrected chi connectivity index (χ2v) is 14.9. The molecule has 3 aromatic heterocycles. The first-order valence-electron chi connectivity index (χ1n) is 19.6. The second-order valence-electron chi connectivity index (χ2n) is 14.9. The minimum absolute atomic E-state index is 1.14. The van der Waals surface area contributed by atoms with Crippen molar-refractivity contribution in [3.05, 3.63) is 212 Å². The summed E-state index contributed by atoms with van der Waals surface area (Å²) >= 11 is 0. The van der Waals surface area contributed by atoms with E-state index < -0.39 is 0 Å². The fraction of sp³-hybridized carbons (Fsp3) is 0. The number of nitrogens with zero attached hydrogens (tertiary/aromatic N) is 3. The summed E-state index contributed by atoms with van der Waals surface area (Å²) in [5.74, 6) is 0. The molecule has 266 valence electrons. The van der Waals surface area contributed by atoms with E-state index in [1.807, 2.05) is 0 Å². The first-order valence-corrected chi connectivity index (χ1v) is 19.6. The van der Waals surface area contributed by atoms with Crippen LogP contribution in [0.3, 0.4) is 0 Å². The lowest BCUT2D eigenvalue weighted by molar-refractivity contribution is 1.17. The number of hydrogen-bond donors (Lipinski definition) is 0. The van der Waals surface area contributed by atoms with Crippen LogP contribution >= 0.6 is 0 Å². The maximum absolute atomic E-state index is 2.47. The van der Waals surface area contributed by atoms with Gasteiger partial charge in [0.2, 0.25) is 0 Å². The van der Waals surface area contributed by atoms with E-state index in [0.717, 1.165) is 17.1 Å². The molecule has 0 amide bonds. The number of rotatable bonds is 5. The number of benzene rings is 9. The van der Waals surface area contributed by atoms with Crippen LogP contribution in [0.4, 0.5) is 0 Å². The normalized spacial score (nSPS) is 11.9. The molecule has 12 aromatic rings. The number of aromatic nitrogens is 3. The second kappa shape index (κ2) is 12.5. The molecule has 0 atom stereocenters. The van der Waals surface area contributed by atoms with Crippen LogP contribution in [-0.2, 0) is 0 Å². The van der Waals surface area contributed by atoms with Crippen LogP contribution in [0.15, 0.2) is 212 Å². The average molecular weight is 726 g/mol. The highest BCUT2D eigenvalue weighted by atomic mass is 15.0. The molecule has 0 bridgehead atoms. The van der Waals surface area contributed by atoms with Gasteiger partial charge in [-0.15, -0.1) is 0 Å². The molecule has 0 saturated carbocycles. The Hall–Kier alpha value is -7.62. The molecule has 57 heavy (non-hydrogen) atoms. The molecule has 0 aliphatic carbocycles. The van der Waals surface area contributed by atoms with Crippen LogP contribution in [0, 0.1) is 0 Å². The summed E-state index contributed by atoms with van der Waals surface area (Å²) in [5, 5.41) is 7.51. The van der Waals surface area contributed by atoms with E-state index in [2.05, 4.69) is 226 Å². The lowest BCUT2D eigenvalue weighted by Crippen LogP contribution is -1.97. The van der Waals surface area contributed by atoms with Crippen molar-refractivity contribution < 1.29 is 0 Å². The Morgan fingerprint density at radius 3 is 1.28 bits per heavy atom. The molecule has 0 unspecified atom stereocenters. The lowest BCUT2D eigenvalue weighted by Gasteiger charge is -2.14. The van der Waals surface area contributed by atoms with Crippen molar-refractivity contribution in [2.45, 2.75) is 0 Å². The van der Waals surface area contributed by atoms with Crippen LogP contribution in [0.25, 0.3) is 105 Å². The summed E-state index contributed by atoms with van der Waals surface area (Å²) in [4.78, 5) is 0. The van der Waals surface area contributed by atoms with E-state index in [1.165, 1.54) is 87.7 Å². The molecule has 0 N–H and O–H groups in total. The third-order valence-electron chi connectivity index (χ3n) is 11.8. The summed E-state index contributed by atoms with van der Waals surface area (Å²) in [7, 11) is 0. The first-order chi connectivity index (χ1) is 28.3. The van der Waals surface area contributed by atoms with Crippen molar-refractivity contribution >= 4 is 65.4 Å². The average Bonchev–Trinajstić information content (AvgIpc) is 3.93. The Morgan fingerprint density at radius 1 is 0.246 bits per heavy atom. The van der Waals surface area contributed by atoms with Crippen molar-refractivity contribution in [1.29, 1.82) is 0 Å². The molecular weight excluding hydrogens is 691 g/mol. The van der Waals surface area contributed by atoms with Gasteiger partial charge in [0.25, 0.3) is 0 Å². The molecule has 0 fully saturated rings. The van der Waals surface area contributed by atoms with Gasteiger partial charge >= 0.3 is 0 Å². The molecule has 0 aliphatic rings. The van der Waals surface area contributed by atoms with Gasteiger partial charge in [-0.1, -0.05) is 146 Å². The highest BCUT2D eigenvalue weighted by molar-refractivity contribution is 6.29. The monoisotopic (exact) mass is 725 g/mol. The molecule has 0 saturated heterocycles. The maximum atomic E-state index is 2.47. The predicted molar refractivity (Wildman–Crippen MR) is 240 cm³/mol. The zero-order valence-corrected chi connectivity index (χ0v) is 31.0. The SMILES string of the molecule is c1ccc(-n2c3ccccc3c3ccc(-c4ccc(-c5cc6c7ccccc7n(-c7ccccc7)c6c6c7ccccc7n(-c7ccccc7)c56)cc4)cc32)cc1. The zero-order chi connectivity index (χ0) is 37.5. The Labute approximate surface area is 329 Å². The van der Waals surface area contributed by atoms with Crippen LogP contribution < -0.4 is 0 Å². The first kappa shape index (κ1) is 31.7. The van der Waals surface area contributed by atoms with Gasteiger partial charge in [0.1, 0.15) is 0 Å². The molecule has 3 nitrogen and oxygen atoms in total. The van der Waals surface area contributed by atoms with Gasteiger partial charge in [0.05, 0.1) is 33.1 Å². The Kier molecular flexibility index (Phi) is 6.93. The van der Waals surface area contributed by atoms with E-state index in [1.54, 1.807) is 0 Å². The van der Waals surface area contributed by atoms with Crippen molar-refractivity contribution in [2.24, 2.45) is 0 Å². The largest absolute Gasteiger partial charge is 0.309 e. The molecule has 9 aromatic carbocycles. The number of hydrogen-bond acceptors (Lipinski definition) is 0. The smallest absolute Gasteiger partial charge is 0.0641 e. The van der Waals surface area contributed by atoms with Gasteiger partial charge < -0.3 is 13.7 Å². The predicted octanol–water partition coefficient (Wildman–Crippen LogP) is 14.3. The van der Waals surface area contributed by atoms with Gasteiger partial charge in [-0.25, -0.2) is 0 Å². The van der Waals surface area contributed by atoms with E-state index in [9.17, 15) is 0 Å². The molecular formula is C54H35N3. The van der Waals surface area contributed by atoms with Gasteiger partial charge in [0, 0.05) is 54.9 Å². The zero-order valence-electron chi connectivity index (χ0n) is 31.0. The molecule has 0 aliphatic heterocycles. The maximum Gasteiger partial charge on any atom is 0.0641 e. The van der Waals surface area contributed by atoms with Crippen LogP contribution in [0.5, 0.6) is 0 Å². The van der Waals surface area contributed by atoms with E-state index in [-0.39, 0.29) is 0 Å². The molecule has 12 rings (SSSR count). The number of fused-ring (bicyclic) bond motifs is 10. The van der Waals surface area contributed by atoms with Crippen molar-refractivity contribution in [1.82, 2.24) is 13.7 Å². The Bertz CT molecular complexity index is 3480. The molecule has 3 heteroatoms. The Morgan fingerprint density at radius 2 is 0.667 bits per heavy atom. The summed E-state index contributed by atoms with van der Waals surface area (Å²) < 4.78 is 7.33. The topological polar surface area (TPSA) is 14.8 Å². The fourth-order valence-electron chi connectivity index (χ4n) is 9.36. The Balaban J connectivity index is 1.13. The highest BCUT2D eigenvalue weighted by Crippen LogP contribution is 2.46. The summed E-state index contributed by atoms with van der Waals surface area (Å²) in [5.41, 5.74) is 15.5. The van der Waals surface area contributed by atoms with Gasteiger partial charge in [0.15, 0.2) is 0 Å². The third kappa shape index (κ3) is 4.73. The summed E-state index contributed by atoms with van der Waals surface area (Å²) in [6.45, 7) is 0. The lowest BCUT2D eigenvalue weighted by atomic mass is 9.96. The van der Waals surface area contributed by atoms with Crippen LogP contribution in [-0.4, -0.2) is 13.7 Å². The van der Waals surface area contributed by atoms with Crippen LogP contribution in [0.1, 0.15) is 0 Å². The number of para-hydroxylation sites is 6. The standard InChI is InChI=1S/C54H35N3/c1-4-16-39(17-5-1)55-48-25-13-10-22-42(48)44-33-32-38(34-51(44)55)36-28-30-37(31-29-36)46-35-47-43-23-11-14-26-49(43)56(40-18-6-2-7-19-40)54(47)52-45-24-12-15-27-50(45)57(53(46)52)41-20-8-3-9-21-41/h1-35H. The van der Waals surface area contributed by atoms with Crippen molar-refractivity contribution in [2.75, 3.05) is 0 Å². The minimum Gasteiger partial charge on any atom is -0.309 e. The van der Waals surface area contributed by atoms with Crippen molar-refractivity contribution in [3.8, 4) is 39.3 Å². The van der Waals surface area contributed by atoms with E-state index in [4.69, 9.17) is 0 Å². The molecule has 3 heterocycles. The van der Waals surface area contributed by atoms with Crippen molar-refractivity contribution in [3.63, 3.8) is 0 Å². The van der Waals surface area contributed by atoms with Gasteiger partial charge in [-0.05, 0) is 83.4 Å². The summed E-state index contributed by atoms with van der Waals surface area (Å²) in [6, 6.07) is 77.4. The van der Waals surface area contributed by atoms with Crippen LogP contribution in [0.2, 0.25) is 0 Å². The minimum atomic E-state index is 1.14.